The van der Waals surface area contributed by atoms with Crippen molar-refractivity contribution < 1.29 is 9.00 Å². The van der Waals surface area contributed by atoms with E-state index in [0.717, 1.165) is 12.0 Å². The molecule has 0 bridgehead atoms. The first-order valence-electron chi connectivity index (χ1n) is 5.92. The van der Waals surface area contributed by atoms with Gasteiger partial charge in [-0.3, -0.25) is 9.00 Å². The van der Waals surface area contributed by atoms with Crippen LogP contribution in [0, 0.1) is 0 Å². The summed E-state index contributed by atoms with van der Waals surface area (Å²) in [4.78, 5) is 11.6. The molecular weight excluding hydrogens is 248 g/mol. The lowest BCUT2D eigenvalue weighted by atomic mass is 10.1. The topological polar surface area (TPSA) is 72.2 Å². The van der Waals surface area contributed by atoms with Gasteiger partial charge in [0.2, 0.25) is 5.91 Å². The third kappa shape index (κ3) is 5.31. The molecule has 0 radical (unpaired) electrons. The van der Waals surface area contributed by atoms with Gasteiger partial charge in [0.25, 0.3) is 0 Å². The molecule has 0 saturated carbocycles. The monoisotopic (exact) mass is 268 g/mol. The molecule has 0 aliphatic carbocycles. The van der Waals surface area contributed by atoms with E-state index in [-0.39, 0.29) is 11.2 Å². The van der Waals surface area contributed by atoms with Crippen molar-refractivity contribution in [2.75, 3.05) is 18.5 Å². The smallest absolute Gasteiger partial charge is 0.224 e. The van der Waals surface area contributed by atoms with Gasteiger partial charge in [-0.2, -0.15) is 0 Å². The van der Waals surface area contributed by atoms with Crippen molar-refractivity contribution in [3.63, 3.8) is 0 Å². The number of benzene rings is 1. The Morgan fingerprint density at radius 1 is 1.50 bits per heavy atom. The number of carbonyl (C=O) groups is 1. The average molecular weight is 268 g/mol. The zero-order valence-electron chi connectivity index (χ0n) is 10.8. The fourth-order valence-corrected chi connectivity index (χ4v) is 1.98. The van der Waals surface area contributed by atoms with Crippen LogP contribution in [0.5, 0.6) is 0 Å². The van der Waals surface area contributed by atoms with E-state index in [1.807, 2.05) is 19.1 Å². The Kier molecular flexibility index (Phi) is 5.85. The third-order valence-corrected chi connectivity index (χ3v) is 4.12. The van der Waals surface area contributed by atoms with Crippen molar-refractivity contribution in [1.29, 1.82) is 0 Å². The van der Waals surface area contributed by atoms with E-state index in [4.69, 9.17) is 5.73 Å². The number of hydrogen-bond donors (Lipinski definition) is 2. The summed E-state index contributed by atoms with van der Waals surface area (Å²) in [6.45, 7) is 2.47. The molecule has 2 atom stereocenters. The van der Waals surface area contributed by atoms with E-state index in [0.29, 0.717) is 18.7 Å². The lowest BCUT2D eigenvalue weighted by Gasteiger charge is -2.09. The standard InChI is InChI=1S/C13H20N2O2S/c1-10(18(2)17)6-7-15-13(16)9-11-4-3-5-12(14)8-11/h3-5,8,10H,6-7,9,14H2,1-2H3,(H,15,16). The maximum absolute atomic E-state index is 11.6. The van der Waals surface area contributed by atoms with Crippen LogP contribution in [0.15, 0.2) is 24.3 Å². The SMILES string of the molecule is CC(CCNC(=O)Cc1cccc(N)c1)S(C)=O. The first kappa shape index (κ1) is 14.7. The number of rotatable bonds is 6. The second-order valence-corrected chi connectivity index (χ2v) is 6.17. The van der Waals surface area contributed by atoms with Gasteiger partial charge < -0.3 is 11.1 Å². The number of nitrogens with one attached hydrogen (secondary N) is 1. The molecule has 100 valence electrons. The molecule has 0 saturated heterocycles. The summed E-state index contributed by atoms with van der Waals surface area (Å²) >= 11 is 0. The summed E-state index contributed by atoms with van der Waals surface area (Å²) in [6, 6.07) is 7.29. The fraction of sp³-hybridized carbons (Fsp3) is 0.462. The molecule has 1 aromatic carbocycles. The van der Waals surface area contributed by atoms with E-state index < -0.39 is 10.8 Å². The number of amides is 1. The van der Waals surface area contributed by atoms with Crippen LogP contribution in [-0.2, 0) is 22.0 Å². The van der Waals surface area contributed by atoms with Crippen molar-refractivity contribution >= 4 is 22.4 Å². The fourth-order valence-electron chi connectivity index (χ4n) is 1.53. The van der Waals surface area contributed by atoms with Gasteiger partial charge in [0.15, 0.2) is 0 Å². The highest BCUT2D eigenvalue weighted by Crippen LogP contribution is 2.07. The summed E-state index contributed by atoms with van der Waals surface area (Å²) in [7, 11) is -0.834. The van der Waals surface area contributed by atoms with Gasteiger partial charge in [0.1, 0.15) is 0 Å². The van der Waals surface area contributed by atoms with Gasteiger partial charge >= 0.3 is 0 Å². The van der Waals surface area contributed by atoms with Gasteiger partial charge in [-0.05, 0) is 24.1 Å². The first-order valence-corrected chi connectivity index (χ1v) is 7.54. The number of anilines is 1. The third-order valence-electron chi connectivity index (χ3n) is 2.76. The Hall–Kier alpha value is -1.36. The van der Waals surface area contributed by atoms with E-state index in [1.54, 1.807) is 18.4 Å². The molecule has 0 fully saturated rings. The van der Waals surface area contributed by atoms with Gasteiger partial charge in [0, 0.05) is 34.5 Å². The van der Waals surface area contributed by atoms with Crippen LogP contribution in [0.4, 0.5) is 5.69 Å². The van der Waals surface area contributed by atoms with Crippen LogP contribution in [0.1, 0.15) is 18.9 Å². The Labute approximate surface area is 110 Å². The second-order valence-electron chi connectivity index (χ2n) is 4.37. The molecule has 1 rings (SSSR count). The molecule has 0 aromatic heterocycles. The molecule has 0 spiro atoms. The molecule has 1 amide bonds. The number of nitrogen functional groups attached to an aromatic ring is 1. The zero-order valence-corrected chi connectivity index (χ0v) is 11.6. The predicted molar refractivity (Wildman–Crippen MR) is 75.7 cm³/mol. The molecular formula is C13H20N2O2S. The van der Waals surface area contributed by atoms with E-state index in [9.17, 15) is 9.00 Å². The van der Waals surface area contributed by atoms with E-state index in [1.165, 1.54) is 0 Å². The summed E-state index contributed by atoms with van der Waals surface area (Å²) in [5.41, 5.74) is 7.21. The molecule has 5 heteroatoms. The van der Waals surface area contributed by atoms with E-state index >= 15 is 0 Å². The quantitative estimate of drug-likeness (QED) is 0.758. The second kappa shape index (κ2) is 7.16. The molecule has 0 heterocycles. The largest absolute Gasteiger partial charge is 0.399 e. The van der Waals surface area contributed by atoms with Crippen LogP contribution in [0.2, 0.25) is 0 Å². The molecule has 18 heavy (non-hydrogen) atoms. The molecule has 0 aliphatic heterocycles. The van der Waals surface area contributed by atoms with Crippen LogP contribution in [0.25, 0.3) is 0 Å². The lowest BCUT2D eigenvalue weighted by Crippen LogP contribution is -2.28. The predicted octanol–water partition coefficient (Wildman–Crippen LogP) is 1.08. The van der Waals surface area contributed by atoms with E-state index in [2.05, 4.69) is 5.32 Å². The average Bonchev–Trinajstić information content (AvgIpc) is 2.28. The molecule has 0 aliphatic rings. The lowest BCUT2D eigenvalue weighted by molar-refractivity contribution is -0.120. The first-order chi connectivity index (χ1) is 8.49. The maximum Gasteiger partial charge on any atom is 0.224 e. The Balaban J connectivity index is 2.32. The minimum Gasteiger partial charge on any atom is -0.399 e. The van der Waals surface area contributed by atoms with Gasteiger partial charge in [-0.25, -0.2) is 0 Å². The van der Waals surface area contributed by atoms with Crippen molar-refractivity contribution in [3.8, 4) is 0 Å². The number of carbonyl (C=O) groups excluding carboxylic acids is 1. The van der Waals surface area contributed by atoms with Crippen molar-refractivity contribution in [2.24, 2.45) is 0 Å². The van der Waals surface area contributed by atoms with Crippen molar-refractivity contribution in [2.45, 2.75) is 25.0 Å². The summed E-state index contributed by atoms with van der Waals surface area (Å²) in [5.74, 6) is -0.0327. The highest BCUT2D eigenvalue weighted by molar-refractivity contribution is 7.84. The normalized spacial score (nSPS) is 13.9. The number of hydrogen-bond acceptors (Lipinski definition) is 3. The van der Waals surface area contributed by atoms with Crippen molar-refractivity contribution in [1.82, 2.24) is 5.32 Å². The van der Waals surface area contributed by atoms with Gasteiger partial charge in [-0.1, -0.05) is 19.1 Å². The van der Waals surface area contributed by atoms with Crippen LogP contribution >= 0.6 is 0 Å². The summed E-state index contributed by atoms with van der Waals surface area (Å²) in [6.07, 6.45) is 2.74. The number of nitrogens with two attached hydrogens (primary N) is 1. The zero-order chi connectivity index (χ0) is 13.5. The highest BCUT2D eigenvalue weighted by atomic mass is 32.2. The minimum atomic E-state index is -0.834. The molecule has 1 aromatic rings. The molecule has 2 unspecified atom stereocenters. The van der Waals surface area contributed by atoms with Crippen LogP contribution < -0.4 is 11.1 Å². The Bertz CT molecular complexity index is 435. The van der Waals surface area contributed by atoms with Gasteiger partial charge in [-0.15, -0.1) is 0 Å². The van der Waals surface area contributed by atoms with Crippen LogP contribution in [-0.4, -0.2) is 28.2 Å². The molecule has 4 nitrogen and oxygen atoms in total. The van der Waals surface area contributed by atoms with Crippen LogP contribution in [0.3, 0.4) is 0 Å². The summed E-state index contributed by atoms with van der Waals surface area (Å²) in [5, 5.41) is 2.93. The maximum atomic E-state index is 11.6. The minimum absolute atomic E-state index is 0.0327. The molecule has 3 N–H and O–H groups in total. The Morgan fingerprint density at radius 3 is 2.83 bits per heavy atom. The van der Waals surface area contributed by atoms with Crippen molar-refractivity contribution in [3.05, 3.63) is 29.8 Å². The Morgan fingerprint density at radius 2 is 2.22 bits per heavy atom. The van der Waals surface area contributed by atoms with Gasteiger partial charge in [0.05, 0.1) is 6.42 Å². The summed E-state index contributed by atoms with van der Waals surface area (Å²) < 4.78 is 11.1. The highest BCUT2D eigenvalue weighted by Gasteiger charge is 2.07.